The van der Waals surface area contributed by atoms with E-state index in [0.717, 1.165) is 34.5 Å². The Bertz CT molecular complexity index is 1300. The smallest absolute Gasteiger partial charge is 0.258 e. The topological polar surface area (TPSA) is 147 Å². The lowest BCUT2D eigenvalue weighted by atomic mass is 9.85. The maximum atomic E-state index is 14.4. The molecule has 2 aromatic rings. The molecular weight excluding hydrogens is 632 g/mol. The second kappa shape index (κ2) is 15.7. The van der Waals surface area contributed by atoms with Crippen LogP contribution in [0, 0.1) is 12.3 Å². The van der Waals surface area contributed by atoms with Crippen molar-refractivity contribution in [3.05, 3.63) is 35.0 Å². The van der Waals surface area contributed by atoms with Crippen molar-refractivity contribution >= 4 is 53.9 Å². The molecule has 4 rings (SSSR count). The number of ether oxygens (including phenoxy) is 1. The lowest BCUT2D eigenvalue weighted by Gasteiger charge is -2.35. The van der Waals surface area contributed by atoms with Gasteiger partial charge in [0.15, 0.2) is 5.67 Å². The Morgan fingerprint density at radius 1 is 1.25 bits per heavy atom. The number of unbranched alkanes of at least 4 members (excludes halogenated alkanes) is 1. The van der Waals surface area contributed by atoms with E-state index in [1.165, 1.54) is 16.2 Å². The molecule has 3 atom stereocenters. The third-order valence-corrected chi connectivity index (χ3v) is 8.71. The largest absolute Gasteiger partial charge is 0.493 e. The number of nitrogens with two attached hydrogens (primary N) is 1. The number of carbonyl (C=O) groups excluding carboxylic acids is 3. The Morgan fingerprint density at radius 3 is 2.55 bits per heavy atom. The minimum absolute atomic E-state index is 0. The molecule has 2 aliphatic rings. The molecule has 14 heteroatoms. The fourth-order valence-electron chi connectivity index (χ4n) is 5.00. The number of amides is 3. The van der Waals surface area contributed by atoms with E-state index < -0.39 is 47.0 Å². The Balaban J connectivity index is 0.00000337. The number of thiazole rings is 1. The number of nitrogens with zero attached hydrogens (tertiary/aromatic N) is 2. The number of carbonyl (C=O) groups is 3. The summed E-state index contributed by atoms with van der Waals surface area (Å²) in [6.07, 6.45) is 1.03. The average Bonchev–Trinajstić information content (AvgIpc) is 3.35. The number of benzene rings is 1. The van der Waals surface area contributed by atoms with E-state index in [1.54, 1.807) is 26.3 Å². The van der Waals surface area contributed by atoms with Crippen molar-refractivity contribution in [1.82, 2.24) is 20.5 Å². The molecule has 1 aromatic heterocycles. The lowest BCUT2D eigenvalue weighted by Crippen LogP contribution is -2.59. The van der Waals surface area contributed by atoms with Gasteiger partial charge >= 0.3 is 0 Å². The van der Waals surface area contributed by atoms with Crippen LogP contribution in [-0.2, 0) is 20.9 Å². The van der Waals surface area contributed by atoms with Crippen LogP contribution in [0.15, 0.2) is 23.7 Å². The third kappa shape index (κ3) is 9.03. The summed E-state index contributed by atoms with van der Waals surface area (Å²) in [7, 11) is 0. The van der Waals surface area contributed by atoms with E-state index in [9.17, 15) is 23.9 Å². The first-order chi connectivity index (χ1) is 19.8. The van der Waals surface area contributed by atoms with Gasteiger partial charge in [-0.25, -0.2) is 9.37 Å². The van der Waals surface area contributed by atoms with Crippen molar-refractivity contribution in [2.75, 3.05) is 19.7 Å². The number of hydrogen-bond donors (Lipinski definition) is 4. The van der Waals surface area contributed by atoms with E-state index >= 15 is 0 Å². The van der Waals surface area contributed by atoms with Crippen LogP contribution in [0.1, 0.15) is 64.1 Å². The number of likely N-dealkylation sites (tertiary alicyclic amines) is 1. The first-order valence-corrected chi connectivity index (χ1v) is 15.3. The van der Waals surface area contributed by atoms with E-state index in [0.29, 0.717) is 18.9 Å². The van der Waals surface area contributed by atoms with E-state index in [4.69, 9.17) is 10.5 Å². The number of aliphatic hydroxyl groups is 1. The number of aliphatic hydroxyl groups excluding tert-OH is 1. The zero-order chi connectivity index (χ0) is 30.7. The number of hydrogen-bond acceptors (Lipinski definition) is 8. The molecule has 1 aliphatic heterocycles. The van der Waals surface area contributed by atoms with Gasteiger partial charge in [0.25, 0.3) is 5.91 Å². The Labute approximate surface area is 274 Å². The molecule has 44 heavy (non-hydrogen) atoms. The summed E-state index contributed by atoms with van der Waals surface area (Å²) in [5.74, 6) is -1.13. The number of aromatic nitrogens is 1. The summed E-state index contributed by atoms with van der Waals surface area (Å²) in [6, 6.07) is 3.79. The van der Waals surface area contributed by atoms with Gasteiger partial charge in [0.2, 0.25) is 11.8 Å². The summed E-state index contributed by atoms with van der Waals surface area (Å²) in [5, 5.41) is 15.9. The van der Waals surface area contributed by atoms with Gasteiger partial charge in [-0.3, -0.25) is 14.4 Å². The van der Waals surface area contributed by atoms with Crippen LogP contribution in [0.4, 0.5) is 4.39 Å². The molecule has 0 unspecified atom stereocenters. The van der Waals surface area contributed by atoms with Crippen LogP contribution in [0.5, 0.6) is 5.75 Å². The van der Waals surface area contributed by atoms with Crippen LogP contribution in [-0.4, -0.2) is 76.3 Å². The molecule has 2 fully saturated rings. The van der Waals surface area contributed by atoms with Crippen molar-refractivity contribution in [2.24, 2.45) is 11.1 Å². The number of nitrogens with one attached hydrogen (secondary N) is 2. The van der Waals surface area contributed by atoms with Crippen molar-refractivity contribution in [3.8, 4) is 16.2 Å². The summed E-state index contributed by atoms with van der Waals surface area (Å²) < 4.78 is 20.5. The molecule has 3 amide bonds. The highest BCUT2D eigenvalue weighted by Gasteiger charge is 2.53. The molecule has 1 aromatic carbocycles. The van der Waals surface area contributed by atoms with Gasteiger partial charge in [-0.1, -0.05) is 32.9 Å². The Kier molecular flexibility index (Phi) is 13.4. The van der Waals surface area contributed by atoms with Gasteiger partial charge in [-0.05, 0) is 56.2 Å². The molecule has 10 nitrogen and oxygen atoms in total. The van der Waals surface area contributed by atoms with Gasteiger partial charge in [0, 0.05) is 25.1 Å². The monoisotopic (exact) mass is 675 g/mol. The summed E-state index contributed by atoms with van der Waals surface area (Å²) in [6.45, 7) is 8.38. The molecule has 0 bridgehead atoms. The maximum Gasteiger partial charge on any atom is 0.258 e. The average molecular weight is 677 g/mol. The third-order valence-electron chi connectivity index (χ3n) is 7.73. The maximum absolute atomic E-state index is 14.4. The lowest BCUT2D eigenvalue weighted by molar-refractivity contribution is -0.145. The predicted molar refractivity (Wildman–Crippen MR) is 173 cm³/mol. The van der Waals surface area contributed by atoms with E-state index in [-0.39, 0.29) is 57.2 Å². The van der Waals surface area contributed by atoms with Gasteiger partial charge in [-0.2, -0.15) is 0 Å². The van der Waals surface area contributed by atoms with Crippen LogP contribution in [0.25, 0.3) is 10.4 Å². The highest BCUT2D eigenvalue weighted by atomic mass is 35.5. The second-order valence-corrected chi connectivity index (χ2v) is 13.1. The zero-order valence-electron chi connectivity index (χ0n) is 25.6. The highest BCUT2D eigenvalue weighted by molar-refractivity contribution is 7.13. The van der Waals surface area contributed by atoms with Gasteiger partial charge in [-0.15, -0.1) is 36.2 Å². The fraction of sp³-hybridized carbons (Fsp3) is 0.600. The normalized spacial score (nSPS) is 19.3. The quantitative estimate of drug-likeness (QED) is 0.251. The van der Waals surface area contributed by atoms with Crippen LogP contribution >= 0.6 is 36.2 Å². The highest BCUT2D eigenvalue weighted by Crippen LogP contribution is 2.40. The van der Waals surface area contributed by atoms with Crippen LogP contribution in [0.3, 0.4) is 0 Å². The van der Waals surface area contributed by atoms with Crippen molar-refractivity contribution in [2.45, 2.75) is 90.2 Å². The molecule has 1 saturated carbocycles. The minimum Gasteiger partial charge on any atom is -0.493 e. The van der Waals surface area contributed by atoms with Gasteiger partial charge in [0.05, 0.1) is 28.8 Å². The molecule has 2 heterocycles. The van der Waals surface area contributed by atoms with Gasteiger partial charge in [0.1, 0.15) is 17.8 Å². The first kappa shape index (κ1) is 37.7. The second-order valence-electron chi connectivity index (χ2n) is 12.3. The molecule has 1 saturated heterocycles. The molecule has 1 aliphatic carbocycles. The number of halogens is 3. The minimum atomic E-state index is -1.94. The Hall–Kier alpha value is -2.51. The summed E-state index contributed by atoms with van der Waals surface area (Å²) >= 11 is 1.54. The predicted octanol–water partition coefficient (Wildman–Crippen LogP) is 3.69. The number of β-amino-alcohol motifs (C(OH)–C–C–N with tert-alkyl or cyclic N) is 1. The molecule has 5 N–H and O–H groups in total. The molecular formula is C30H44Cl2FN5O5S. The first-order valence-electron chi connectivity index (χ1n) is 14.5. The zero-order valence-corrected chi connectivity index (χ0v) is 28.0. The SMILES string of the molecule is Cc1ncsc1-c1ccc(CNC(=O)[C@@H]2C[C@@H](O)CN2C(=O)[C@@H](NC(=O)C2(F)CC2)C(C)(C)C)c(OCCCCN)c1.Cl.Cl. The summed E-state index contributed by atoms with van der Waals surface area (Å²) in [4.78, 5) is 46.3. The van der Waals surface area contributed by atoms with Crippen molar-refractivity contribution < 1.29 is 28.6 Å². The Morgan fingerprint density at radius 2 is 1.95 bits per heavy atom. The standard InChI is InChI=1S/C30H42FN5O5S.2ClH/c1-18-24(42-17-34-18)19-7-8-20(23(13-19)41-12-6-5-11-32)15-33-26(38)22-14-21(37)16-36(22)27(39)25(29(2,3)4)35-28(40)30(31)9-10-30;;/h7-8,13,17,21-22,25,37H,5-6,9-12,14-16,32H2,1-4H3,(H,33,38)(H,35,40);2*1H/t21-,22+,25-;;/m1../s1. The summed E-state index contributed by atoms with van der Waals surface area (Å²) in [5.41, 5.74) is 7.37. The molecule has 246 valence electrons. The number of aryl methyl sites for hydroxylation is 1. The van der Waals surface area contributed by atoms with Gasteiger partial charge < -0.3 is 31.1 Å². The number of alkyl halides is 1. The molecule has 0 radical (unpaired) electrons. The fourth-order valence-corrected chi connectivity index (χ4v) is 5.80. The number of rotatable bonds is 12. The van der Waals surface area contributed by atoms with Crippen molar-refractivity contribution in [1.29, 1.82) is 0 Å². The van der Waals surface area contributed by atoms with Crippen LogP contribution < -0.4 is 21.1 Å². The van der Waals surface area contributed by atoms with Crippen molar-refractivity contribution in [3.63, 3.8) is 0 Å². The van der Waals surface area contributed by atoms with E-state index in [1.807, 2.05) is 25.1 Å². The van der Waals surface area contributed by atoms with E-state index in [2.05, 4.69) is 15.6 Å². The molecule has 0 spiro atoms. The van der Waals surface area contributed by atoms with Crippen LogP contribution in [0.2, 0.25) is 0 Å².